The van der Waals surface area contributed by atoms with E-state index < -0.39 is 11.9 Å². The Morgan fingerprint density at radius 2 is 2.17 bits per heavy atom. The summed E-state index contributed by atoms with van der Waals surface area (Å²) in [6, 6.07) is 5.04. The summed E-state index contributed by atoms with van der Waals surface area (Å²) < 4.78 is 10.8. The highest BCUT2D eigenvalue weighted by molar-refractivity contribution is 5.95. The summed E-state index contributed by atoms with van der Waals surface area (Å²) in [5.74, 6) is -0.349. The third kappa shape index (κ3) is 3.88. The molecule has 1 aliphatic heterocycles. The molecule has 0 aliphatic carbocycles. The van der Waals surface area contributed by atoms with E-state index in [1.165, 1.54) is 7.11 Å². The van der Waals surface area contributed by atoms with Crippen LogP contribution in [0.5, 0.6) is 11.5 Å². The van der Waals surface area contributed by atoms with E-state index in [1.807, 2.05) is 6.92 Å². The molecule has 0 saturated carbocycles. The van der Waals surface area contributed by atoms with Gasteiger partial charge in [-0.15, -0.1) is 0 Å². The first kappa shape index (κ1) is 17.8. The normalized spacial score (nSPS) is 20.3. The molecule has 0 bridgehead atoms. The molecule has 1 aliphatic rings. The van der Waals surface area contributed by atoms with Gasteiger partial charge in [-0.3, -0.25) is 9.59 Å². The van der Waals surface area contributed by atoms with E-state index in [9.17, 15) is 14.7 Å². The number of carboxylic acid groups (broad SMARTS) is 1. The molecule has 24 heavy (non-hydrogen) atoms. The largest absolute Gasteiger partial charge is 0.493 e. The Balaban J connectivity index is 2.12. The lowest BCUT2D eigenvalue weighted by Gasteiger charge is -2.35. The van der Waals surface area contributed by atoms with Gasteiger partial charge in [0.05, 0.1) is 13.0 Å². The summed E-state index contributed by atoms with van der Waals surface area (Å²) in [4.78, 5) is 25.6. The van der Waals surface area contributed by atoms with Crippen molar-refractivity contribution in [1.82, 2.24) is 4.90 Å². The molecule has 0 spiro atoms. The van der Waals surface area contributed by atoms with E-state index in [4.69, 9.17) is 9.47 Å². The van der Waals surface area contributed by atoms with Crippen LogP contribution in [0.3, 0.4) is 0 Å². The molecule has 6 heteroatoms. The molecule has 2 unspecified atom stereocenters. The van der Waals surface area contributed by atoms with Crippen molar-refractivity contribution < 1.29 is 24.2 Å². The highest BCUT2D eigenvalue weighted by atomic mass is 16.5. The molecular formula is C18H23NO5. The minimum Gasteiger partial charge on any atom is -0.493 e. The molecule has 1 N–H and O–H groups in total. The quantitative estimate of drug-likeness (QED) is 0.809. The number of ether oxygens (including phenoxy) is 2. The van der Waals surface area contributed by atoms with Gasteiger partial charge in [0.1, 0.15) is 6.61 Å². The second-order valence-corrected chi connectivity index (χ2v) is 5.93. The van der Waals surface area contributed by atoms with Crippen LogP contribution in [0.4, 0.5) is 0 Å². The lowest BCUT2D eigenvalue weighted by Crippen LogP contribution is -2.45. The van der Waals surface area contributed by atoms with Gasteiger partial charge in [0.2, 0.25) is 0 Å². The Kier molecular flexibility index (Phi) is 5.84. The predicted molar refractivity (Wildman–Crippen MR) is 89.5 cm³/mol. The van der Waals surface area contributed by atoms with E-state index in [-0.39, 0.29) is 11.8 Å². The van der Waals surface area contributed by atoms with Crippen LogP contribution >= 0.6 is 0 Å². The molecule has 1 aromatic carbocycles. The number of piperidine rings is 1. The van der Waals surface area contributed by atoms with Crippen molar-refractivity contribution in [2.24, 2.45) is 11.8 Å². The van der Waals surface area contributed by atoms with Crippen molar-refractivity contribution in [2.45, 2.75) is 13.3 Å². The van der Waals surface area contributed by atoms with E-state index in [1.54, 1.807) is 29.2 Å². The van der Waals surface area contributed by atoms with Crippen molar-refractivity contribution >= 4 is 11.9 Å². The summed E-state index contributed by atoms with van der Waals surface area (Å²) in [7, 11) is 1.52. The maximum atomic E-state index is 12.7. The number of hydrogen-bond acceptors (Lipinski definition) is 4. The fraction of sp³-hybridized carbons (Fsp3) is 0.444. The number of hydrogen-bond donors (Lipinski definition) is 1. The highest BCUT2D eigenvalue weighted by Gasteiger charge is 2.33. The molecule has 130 valence electrons. The number of likely N-dealkylation sites (tertiary alicyclic amines) is 1. The van der Waals surface area contributed by atoms with Crippen LogP contribution in [0.1, 0.15) is 23.7 Å². The molecule has 1 saturated heterocycles. The molecular weight excluding hydrogens is 310 g/mol. The van der Waals surface area contributed by atoms with Crippen molar-refractivity contribution in [2.75, 3.05) is 26.8 Å². The van der Waals surface area contributed by atoms with Gasteiger partial charge in [0.15, 0.2) is 11.5 Å². The molecule has 0 aromatic heterocycles. The topological polar surface area (TPSA) is 76.1 Å². The first-order valence-electron chi connectivity index (χ1n) is 7.91. The minimum absolute atomic E-state index is 0.0720. The Morgan fingerprint density at radius 1 is 1.42 bits per heavy atom. The number of carboxylic acids is 1. The van der Waals surface area contributed by atoms with Gasteiger partial charge in [0.25, 0.3) is 5.91 Å². The molecule has 0 radical (unpaired) electrons. The molecule has 1 heterocycles. The highest BCUT2D eigenvalue weighted by Crippen LogP contribution is 2.30. The third-order valence-electron chi connectivity index (χ3n) is 4.28. The van der Waals surface area contributed by atoms with E-state index in [0.29, 0.717) is 43.2 Å². The third-order valence-corrected chi connectivity index (χ3v) is 4.28. The number of methoxy groups -OCH3 is 1. The van der Waals surface area contributed by atoms with Gasteiger partial charge in [-0.1, -0.05) is 19.6 Å². The van der Waals surface area contributed by atoms with Crippen molar-refractivity contribution in [3.05, 3.63) is 36.4 Å². The van der Waals surface area contributed by atoms with Crippen molar-refractivity contribution in [1.29, 1.82) is 0 Å². The number of rotatable bonds is 6. The standard InChI is InChI=1S/C18H23NO5/c1-4-9-24-15-6-5-13(10-16(15)23-3)17(20)19-8-7-14(18(21)22)12(2)11-19/h4-6,10,12,14H,1,7-9,11H2,2-3H3,(H,21,22). The molecule has 2 rings (SSSR count). The lowest BCUT2D eigenvalue weighted by molar-refractivity contribution is -0.145. The first-order chi connectivity index (χ1) is 11.5. The Bertz CT molecular complexity index is 628. The fourth-order valence-corrected chi connectivity index (χ4v) is 2.95. The molecule has 1 fully saturated rings. The monoisotopic (exact) mass is 333 g/mol. The van der Waals surface area contributed by atoms with Crippen LogP contribution in [0, 0.1) is 11.8 Å². The second-order valence-electron chi connectivity index (χ2n) is 5.93. The van der Waals surface area contributed by atoms with Crippen LogP contribution in [-0.4, -0.2) is 48.7 Å². The van der Waals surface area contributed by atoms with Crippen LogP contribution in [0.2, 0.25) is 0 Å². The average Bonchev–Trinajstić information content (AvgIpc) is 2.58. The maximum Gasteiger partial charge on any atom is 0.306 e. The van der Waals surface area contributed by atoms with Gasteiger partial charge >= 0.3 is 5.97 Å². The number of carbonyl (C=O) groups excluding carboxylic acids is 1. The summed E-state index contributed by atoms with van der Waals surface area (Å²) >= 11 is 0. The van der Waals surface area contributed by atoms with Crippen LogP contribution in [0.15, 0.2) is 30.9 Å². The van der Waals surface area contributed by atoms with Gasteiger partial charge in [0, 0.05) is 18.7 Å². The number of carbonyl (C=O) groups is 2. The fourth-order valence-electron chi connectivity index (χ4n) is 2.95. The van der Waals surface area contributed by atoms with Crippen LogP contribution in [-0.2, 0) is 4.79 Å². The van der Waals surface area contributed by atoms with Gasteiger partial charge in [-0.2, -0.15) is 0 Å². The smallest absolute Gasteiger partial charge is 0.306 e. The second kappa shape index (κ2) is 7.86. The maximum absolute atomic E-state index is 12.7. The summed E-state index contributed by atoms with van der Waals surface area (Å²) in [6.45, 7) is 6.69. The molecule has 2 atom stereocenters. The SMILES string of the molecule is C=CCOc1ccc(C(=O)N2CCC(C(=O)O)C(C)C2)cc1OC. The zero-order chi connectivity index (χ0) is 17.7. The Hall–Kier alpha value is -2.50. The number of amides is 1. The average molecular weight is 333 g/mol. The van der Waals surface area contributed by atoms with Crippen molar-refractivity contribution in [3.8, 4) is 11.5 Å². The molecule has 1 amide bonds. The first-order valence-corrected chi connectivity index (χ1v) is 7.91. The van der Waals surface area contributed by atoms with Crippen LogP contribution < -0.4 is 9.47 Å². The zero-order valence-corrected chi connectivity index (χ0v) is 14.0. The van der Waals surface area contributed by atoms with Gasteiger partial charge in [-0.05, 0) is 30.5 Å². The summed E-state index contributed by atoms with van der Waals surface area (Å²) in [6.07, 6.45) is 2.10. The molecule has 6 nitrogen and oxygen atoms in total. The van der Waals surface area contributed by atoms with E-state index in [0.717, 1.165) is 0 Å². The van der Waals surface area contributed by atoms with Crippen molar-refractivity contribution in [3.63, 3.8) is 0 Å². The van der Waals surface area contributed by atoms with E-state index in [2.05, 4.69) is 6.58 Å². The Labute approximate surface area is 141 Å². The number of benzene rings is 1. The summed E-state index contributed by atoms with van der Waals surface area (Å²) in [5.41, 5.74) is 0.499. The van der Waals surface area contributed by atoms with Crippen LogP contribution in [0.25, 0.3) is 0 Å². The number of nitrogens with zero attached hydrogens (tertiary/aromatic N) is 1. The van der Waals surface area contributed by atoms with Gasteiger partial charge in [-0.25, -0.2) is 0 Å². The summed E-state index contributed by atoms with van der Waals surface area (Å²) in [5, 5.41) is 9.18. The zero-order valence-electron chi connectivity index (χ0n) is 14.0. The Morgan fingerprint density at radius 3 is 2.75 bits per heavy atom. The van der Waals surface area contributed by atoms with Gasteiger partial charge < -0.3 is 19.5 Å². The number of aliphatic carboxylic acids is 1. The van der Waals surface area contributed by atoms with E-state index >= 15 is 0 Å². The predicted octanol–water partition coefficient (Wildman–Crippen LogP) is 2.44. The lowest BCUT2D eigenvalue weighted by atomic mass is 9.87. The minimum atomic E-state index is -0.792. The molecule has 1 aromatic rings.